The zero-order chi connectivity index (χ0) is 15.4. The molecule has 1 saturated carbocycles. The Morgan fingerprint density at radius 2 is 2.05 bits per heavy atom. The van der Waals surface area contributed by atoms with Gasteiger partial charge in [-0.05, 0) is 37.8 Å². The van der Waals surface area contributed by atoms with Crippen LogP contribution in [0.3, 0.4) is 0 Å². The van der Waals surface area contributed by atoms with Gasteiger partial charge in [-0.25, -0.2) is 9.59 Å². The Kier molecular flexibility index (Phi) is 4.83. The van der Waals surface area contributed by atoms with Gasteiger partial charge in [-0.1, -0.05) is 31.4 Å². The first-order valence-electron chi connectivity index (χ1n) is 7.37. The first kappa shape index (κ1) is 15.4. The van der Waals surface area contributed by atoms with E-state index in [-0.39, 0.29) is 17.6 Å². The van der Waals surface area contributed by atoms with Gasteiger partial charge in [0.15, 0.2) is 0 Å². The number of hydrogen-bond donors (Lipinski definition) is 3. The molecule has 0 aliphatic heterocycles. The minimum Gasteiger partial charge on any atom is -0.478 e. The first-order valence-corrected chi connectivity index (χ1v) is 7.37. The van der Waals surface area contributed by atoms with Crippen molar-refractivity contribution in [3.8, 4) is 0 Å². The number of hydrogen-bond acceptors (Lipinski definition) is 2. The van der Waals surface area contributed by atoms with Gasteiger partial charge in [0.25, 0.3) is 0 Å². The average Bonchev–Trinajstić information content (AvgIpc) is 2.40. The molecule has 2 unspecified atom stereocenters. The molecule has 1 aliphatic carbocycles. The number of carbonyl (C=O) groups is 2. The number of aromatic carboxylic acids is 1. The van der Waals surface area contributed by atoms with Crippen molar-refractivity contribution < 1.29 is 14.7 Å². The van der Waals surface area contributed by atoms with Crippen LogP contribution in [0.15, 0.2) is 18.2 Å². The third-order valence-electron chi connectivity index (χ3n) is 3.93. The molecule has 21 heavy (non-hydrogen) atoms. The second-order valence-electron chi connectivity index (χ2n) is 5.92. The van der Waals surface area contributed by atoms with Crippen molar-refractivity contribution >= 4 is 17.7 Å². The molecule has 1 fully saturated rings. The largest absolute Gasteiger partial charge is 0.478 e. The quantitative estimate of drug-likeness (QED) is 0.798. The maximum absolute atomic E-state index is 12.0. The molecule has 0 spiro atoms. The van der Waals surface area contributed by atoms with Crippen LogP contribution in [0.5, 0.6) is 0 Å². The highest BCUT2D eigenvalue weighted by atomic mass is 16.4. The summed E-state index contributed by atoms with van der Waals surface area (Å²) >= 11 is 0. The lowest BCUT2D eigenvalue weighted by Crippen LogP contribution is -2.40. The molecular weight excluding hydrogens is 268 g/mol. The third-order valence-corrected chi connectivity index (χ3v) is 3.93. The standard InChI is InChI=1S/C16H22N2O3/c1-10-4-3-5-12(8-10)17-16(21)18-14-7-6-11(2)9-13(14)15(19)20/h6-7,9-10,12H,3-5,8H2,1-2H3,(H,19,20)(H2,17,18,21). The molecular formula is C16H22N2O3. The summed E-state index contributed by atoms with van der Waals surface area (Å²) in [6.45, 7) is 4.01. The lowest BCUT2D eigenvalue weighted by molar-refractivity contribution is 0.0698. The Morgan fingerprint density at radius 1 is 1.29 bits per heavy atom. The van der Waals surface area contributed by atoms with Crippen molar-refractivity contribution in [2.45, 2.75) is 45.6 Å². The van der Waals surface area contributed by atoms with Crippen LogP contribution in [0.25, 0.3) is 0 Å². The zero-order valence-corrected chi connectivity index (χ0v) is 12.5. The van der Waals surface area contributed by atoms with Crippen molar-refractivity contribution in [2.24, 2.45) is 5.92 Å². The fourth-order valence-electron chi connectivity index (χ4n) is 2.85. The SMILES string of the molecule is Cc1ccc(NC(=O)NC2CCCC(C)C2)c(C(=O)O)c1. The van der Waals surface area contributed by atoms with Crippen molar-refractivity contribution in [3.05, 3.63) is 29.3 Å². The Hall–Kier alpha value is -2.04. The molecule has 0 heterocycles. The lowest BCUT2D eigenvalue weighted by Gasteiger charge is -2.27. The summed E-state index contributed by atoms with van der Waals surface area (Å²) in [6.07, 6.45) is 4.29. The molecule has 0 bridgehead atoms. The van der Waals surface area contributed by atoms with E-state index >= 15 is 0 Å². The van der Waals surface area contributed by atoms with Gasteiger partial charge in [0.1, 0.15) is 0 Å². The van der Waals surface area contributed by atoms with Crippen LogP contribution in [0.1, 0.15) is 48.5 Å². The van der Waals surface area contributed by atoms with E-state index in [1.54, 1.807) is 18.2 Å². The highest BCUT2D eigenvalue weighted by molar-refractivity contribution is 6.00. The highest BCUT2D eigenvalue weighted by Crippen LogP contribution is 2.24. The second kappa shape index (κ2) is 6.61. The van der Waals surface area contributed by atoms with E-state index < -0.39 is 5.97 Å². The summed E-state index contributed by atoms with van der Waals surface area (Å²) in [5, 5.41) is 14.8. The van der Waals surface area contributed by atoms with Crippen LogP contribution >= 0.6 is 0 Å². The van der Waals surface area contributed by atoms with E-state index in [0.717, 1.165) is 24.8 Å². The molecule has 0 aromatic heterocycles. The average molecular weight is 290 g/mol. The minimum absolute atomic E-state index is 0.113. The van der Waals surface area contributed by atoms with Crippen LogP contribution in [-0.2, 0) is 0 Å². The molecule has 0 radical (unpaired) electrons. The highest BCUT2D eigenvalue weighted by Gasteiger charge is 2.21. The number of carbonyl (C=O) groups excluding carboxylic acids is 1. The second-order valence-corrected chi connectivity index (χ2v) is 5.92. The number of benzene rings is 1. The van der Waals surface area contributed by atoms with Gasteiger partial charge < -0.3 is 15.7 Å². The minimum atomic E-state index is -1.04. The van der Waals surface area contributed by atoms with Crippen LogP contribution < -0.4 is 10.6 Å². The number of carboxylic acid groups (broad SMARTS) is 1. The molecule has 0 saturated heterocycles. The van der Waals surface area contributed by atoms with Gasteiger partial charge in [-0.3, -0.25) is 0 Å². The lowest BCUT2D eigenvalue weighted by atomic mass is 9.87. The van der Waals surface area contributed by atoms with E-state index in [1.807, 2.05) is 6.92 Å². The Labute approximate surface area is 124 Å². The summed E-state index contributed by atoms with van der Waals surface area (Å²) in [5.41, 5.74) is 1.29. The maximum atomic E-state index is 12.0. The Bertz CT molecular complexity index is 542. The van der Waals surface area contributed by atoms with E-state index in [2.05, 4.69) is 17.6 Å². The number of anilines is 1. The summed E-state index contributed by atoms with van der Waals surface area (Å²) in [4.78, 5) is 23.2. The molecule has 1 aliphatic rings. The normalized spacial score (nSPS) is 21.6. The van der Waals surface area contributed by atoms with Gasteiger partial charge in [0.05, 0.1) is 11.3 Å². The smallest absolute Gasteiger partial charge is 0.337 e. The van der Waals surface area contributed by atoms with Crippen LogP contribution in [0.4, 0.5) is 10.5 Å². The summed E-state index contributed by atoms with van der Waals surface area (Å²) in [5.74, 6) is -0.418. The van der Waals surface area contributed by atoms with E-state index in [4.69, 9.17) is 0 Å². The molecule has 3 N–H and O–H groups in total. The molecule has 1 aromatic carbocycles. The van der Waals surface area contributed by atoms with Crippen molar-refractivity contribution in [2.75, 3.05) is 5.32 Å². The predicted octanol–water partition coefficient (Wildman–Crippen LogP) is 3.39. The molecule has 2 amide bonds. The molecule has 5 heteroatoms. The monoisotopic (exact) mass is 290 g/mol. The van der Waals surface area contributed by atoms with E-state index in [1.165, 1.54) is 6.42 Å². The number of amides is 2. The number of nitrogens with one attached hydrogen (secondary N) is 2. The van der Waals surface area contributed by atoms with E-state index in [9.17, 15) is 14.7 Å². The van der Waals surface area contributed by atoms with Gasteiger partial charge >= 0.3 is 12.0 Å². The summed E-state index contributed by atoms with van der Waals surface area (Å²) in [6, 6.07) is 4.81. The van der Waals surface area contributed by atoms with Crippen LogP contribution in [-0.4, -0.2) is 23.1 Å². The van der Waals surface area contributed by atoms with E-state index in [0.29, 0.717) is 11.6 Å². The van der Waals surface area contributed by atoms with Gasteiger partial charge in [-0.15, -0.1) is 0 Å². The molecule has 2 rings (SSSR count). The predicted molar refractivity (Wildman–Crippen MR) is 81.7 cm³/mol. The maximum Gasteiger partial charge on any atom is 0.337 e. The Balaban J connectivity index is 2.01. The number of carboxylic acids is 1. The van der Waals surface area contributed by atoms with Crippen molar-refractivity contribution in [1.29, 1.82) is 0 Å². The first-order chi connectivity index (χ1) is 9.95. The van der Waals surface area contributed by atoms with Crippen LogP contribution in [0, 0.1) is 12.8 Å². The van der Waals surface area contributed by atoms with Crippen molar-refractivity contribution in [1.82, 2.24) is 5.32 Å². The van der Waals surface area contributed by atoms with Gasteiger partial charge in [0, 0.05) is 6.04 Å². The third kappa shape index (κ3) is 4.21. The summed E-state index contributed by atoms with van der Waals surface area (Å²) < 4.78 is 0. The van der Waals surface area contributed by atoms with Gasteiger partial charge in [0.2, 0.25) is 0 Å². The van der Waals surface area contributed by atoms with Crippen molar-refractivity contribution in [3.63, 3.8) is 0 Å². The fraction of sp³-hybridized carbons (Fsp3) is 0.500. The Morgan fingerprint density at radius 3 is 2.71 bits per heavy atom. The molecule has 5 nitrogen and oxygen atoms in total. The zero-order valence-electron chi connectivity index (χ0n) is 12.5. The number of aryl methyl sites for hydroxylation is 1. The molecule has 2 atom stereocenters. The number of rotatable bonds is 3. The fourth-order valence-corrected chi connectivity index (χ4v) is 2.85. The topological polar surface area (TPSA) is 78.4 Å². The van der Waals surface area contributed by atoms with Crippen LogP contribution in [0.2, 0.25) is 0 Å². The molecule has 1 aromatic rings. The molecule has 114 valence electrons. The van der Waals surface area contributed by atoms with Gasteiger partial charge in [-0.2, -0.15) is 0 Å². The number of urea groups is 1. The summed E-state index contributed by atoms with van der Waals surface area (Å²) in [7, 11) is 0.